The first kappa shape index (κ1) is 8.59. The second kappa shape index (κ2) is 3.76. The first-order chi connectivity index (χ1) is 5.79. The number of aromatic nitrogens is 1. The van der Waals surface area contributed by atoms with Crippen LogP contribution in [0.2, 0.25) is 0 Å². The Morgan fingerprint density at radius 1 is 1.83 bits per heavy atom. The number of rotatable bonds is 3. The van der Waals surface area contributed by atoms with Crippen LogP contribution in [0.15, 0.2) is 31.0 Å². The topological polar surface area (TPSA) is 31.2 Å². The lowest BCUT2D eigenvalue weighted by Crippen LogP contribution is -2.08. The Hall–Kier alpha value is -1.51. The van der Waals surface area contributed by atoms with Crippen molar-refractivity contribution in [3.8, 4) is 5.88 Å². The number of carbonyl (C=O) groups excluding carboxylic acids is 1. The lowest BCUT2D eigenvalue weighted by molar-refractivity contribution is 0.0957. The largest absolute Gasteiger partial charge is 0.479 e. The summed E-state index contributed by atoms with van der Waals surface area (Å²) in [5, 5.41) is 0. The predicted octanol–water partition coefficient (Wildman–Crippen LogP) is 1.71. The van der Waals surface area contributed by atoms with Crippen molar-refractivity contribution in [3.05, 3.63) is 31.0 Å². The van der Waals surface area contributed by atoms with Gasteiger partial charge in [-0.3, -0.25) is 9.36 Å². The van der Waals surface area contributed by atoms with E-state index in [4.69, 9.17) is 4.74 Å². The summed E-state index contributed by atoms with van der Waals surface area (Å²) in [7, 11) is 0. The fourth-order valence-electron chi connectivity index (χ4n) is 0.911. The van der Waals surface area contributed by atoms with Crippen molar-refractivity contribution in [3.63, 3.8) is 0 Å². The van der Waals surface area contributed by atoms with Gasteiger partial charge >= 0.3 is 0 Å². The molecular formula is C9H11NO2. The summed E-state index contributed by atoms with van der Waals surface area (Å²) in [5.74, 6) is 0.380. The van der Waals surface area contributed by atoms with E-state index >= 15 is 0 Å². The molecule has 3 nitrogen and oxygen atoms in total. The standard InChI is InChI=1S/C9H11NO2/c1-3-8(11)10-7-5-6-9(10)12-4-2/h3,5-7H,1,4H2,2H3. The maximum absolute atomic E-state index is 11.1. The monoisotopic (exact) mass is 165 g/mol. The molecule has 0 fully saturated rings. The molecule has 1 aromatic rings. The fraction of sp³-hybridized carbons (Fsp3) is 0.222. The molecule has 0 atom stereocenters. The molecule has 0 aliphatic heterocycles. The highest BCUT2D eigenvalue weighted by Crippen LogP contribution is 2.11. The zero-order chi connectivity index (χ0) is 8.97. The number of ether oxygens (including phenoxy) is 1. The summed E-state index contributed by atoms with van der Waals surface area (Å²) in [4.78, 5) is 11.1. The van der Waals surface area contributed by atoms with Crippen molar-refractivity contribution >= 4 is 5.91 Å². The minimum atomic E-state index is -0.177. The Bertz CT molecular complexity index is 288. The molecule has 0 saturated carbocycles. The van der Waals surface area contributed by atoms with Gasteiger partial charge in [0, 0.05) is 12.3 Å². The molecule has 0 unspecified atom stereocenters. The van der Waals surface area contributed by atoms with Crippen LogP contribution in [0.1, 0.15) is 11.7 Å². The van der Waals surface area contributed by atoms with Crippen molar-refractivity contribution in [1.29, 1.82) is 0 Å². The highest BCUT2D eigenvalue weighted by Gasteiger charge is 2.04. The van der Waals surface area contributed by atoms with Crippen LogP contribution < -0.4 is 4.74 Å². The Balaban J connectivity index is 2.90. The van der Waals surface area contributed by atoms with E-state index in [0.717, 1.165) is 0 Å². The average Bonchev–Trinajstić information content (AvgIpc) is 2.52. The molecule has 0 saturated heterocycles. The molecule has 0 aromatic carbocycles. The molecule has 64 valence electrons. The number of nitrogens with zero attached hydrogens (tertiary/aromatic N) is 1. The molecule has 1 heterocycles. The maximum Gasteiger partial charge on any atom is 0.256 e. The molecule has 0 aliphatic rings. The lowest BCUT2D eigenvalue weighted by atomic mass is 10.6. The van der Waals surface area contributed by atoms with Gasteiger partial charge in [-0.2, -0.15) is 0 Å². The van der Waals surface area contributed by atoms with E-state index in [1.807, 2.05) is 6.92 Å². The zero-order valence-electron chi connectivity index (χ0n) is 6.99. The predicted molar refractivity (Wildman–Crippen MR) is 46.4 cm³/mol. The van der Waals surface area contributed by atoms with Crippen molar-refractivity contribution in [2.24, 2.45) is 0 Å². The Morgan fingerprint density at radius 3 is 3.17 bits per heavy atom. The highest BCUT2D eigenvalue weighted by molar-refractivity contribution is 5.90. The van der Waals surface area contributed by atoms with Gasteiger partial charge in [-0.1, -0.05) is 6.58 Å². The average molecular weight is 165 g/mol. The number of carbonyl (C=O) groups is 1. The van der Waals surface area contributed by atoms with Gasteiger partial charge in [0.1, 0.15) is 0 Å². The molecule has 0 bridgehead atoms. The molecular weight excluding hydrogens is 154 g/mol. The molecule has 12 heavy (non-hydrogen) atoms. The van der Waals surface area contributed by atoms with E-state index in [-0.39, 0.29) is 5.91 Å². The van der Waals surface area contributed by atoms with Crippen molar-refractivity contribution < 1.29 is 9.53 Å². The van der Waals surface area contributed by atoms with E-state index in [9.17, 15) is 4.79 Å². The maximum atomic E-state index is 11.1. The fourth-order valence-corrected chi connectivity index (χ4v) is 0.911. The van der Waals surface area contributed by atoms with Gasteiger partial charge in [-0.15, -0.1) is 0 Å². The Morgan fingerprint density at radius 2 is 2.58 bits per heavy atom. The molecule has 0 radical (unpaired) electrons. The van der Waals surface area contributed by atoms with Crippen molar-refractivity contribution in [2.45, 2.75) is 6.92 Å². The summed E-state index contributed by atoms with van der Waals surface area (Å²) in [6, 6.07) is 3.50. The lowest BCUT2D eigenvalue weighted by Gasteiger charge is -2.04. The van der Waals surface area contributed by atoms with Crippen LogP contribution in [-0.4, -0.2) is 17.1 Å². The Labute approximate surface area is 71.3 Å². The minimum absolute atomic E-state index is 0.177. The first-order valence-corrected chi connectivity index (χ1v) is 3.76. The summed E-state index contributed by atoms with van der Waals surface area (Å²) in [6.45, 7) is 5.81. The second-order valence-electron chi connectivity index (χ2n) is 2.19. The van der Waals surface area contributed by atoms with Gasteiger partial charge in [0.25, 0.3) is 5.91 Å². The molecule has 0 N–H and O–H groups in total. The molecule has 0 spiro atoms. The van der Waals surface area contributed by atoms with Crippen LogP contribution in [-0.2, 0) is 0 Å². The SMILES string of the molecule is C=CC(=O)n1cccc1OCC. The van der Waals surface area contributed by atoms with Gasteiger partial charge in [0.2, 0.25) is 5.88 Å². The van der Waals surface area contributed by atoms with Crippen molar-refractivity contribution in [1.82, 2.24) is 4.57 Å². The molecule has 0 aliphatic carbocycles. The Kier molecular flexibility index (Phi) is 2.69. The van der Waals surface area contributed by atoms with Gasteiger partial charge in [0.15, 0.2) is 0 Å². The van der Waals surface area contributed by atoms with Gasteiger partial charge in [-0.05, 0) is 19.1 Å². The normalized spacial score (nSPS) is 9.42. The molecule has 1 aromatic heterocycles. The summed E-state index contributed by atoms with van der Waals surface area (Å²) in [5.41, 5.74) is 0. The van der Waals surface area contributed by atoms with Crippen LogP contribution in [0.3, 0.4) is 0 Å². The summed E-state index contributed by atoms with van der Waals surface area (Å²) in [6.07, 6.45) is 2.90. The molecule has 3 heteroatoms. The third-order valence-electron chi connectivity index (χ3n) is 1.42. The minimum Gasteiger partial charge on any atom is -0.479 e. The van der Waals surface area contributed by atoms with Gasteiger partial charge < -0.3 is 4.74 Å². The van der Waals surface area contributed by atoms with E-state index < -0.39 is 0 Å². The van der Waals surface area contributed by atoms with E-state index in [0.29, 0.717) is 12.5 Å². The number of allylic oxidation sites excluding steroid dienone is 1. The molecule has 1 rings (SSSR count). The van der Waals surface area contributed by atoms with Crippen LogP contribution >= 0.6 is 0 Å². The quantitative estimate of drug-likeness (QED) is 0.638. The van der Waals surface area contributed by atoms with Gasteiger partial charge in [0.05, 0.1) is 6.61 Å². The first-order valence-electron chi connectivity index (χ1n) is 3.76. The van der Waals surface area contributed by atoms with Crippen LogP contribution in [0, 0.1) is 0 Å². The zero-order valence-corrected chi connectivity index (χ0v) is 6.99. The van der Waals surface area contributed by atoms with Crippen molar-refractivity contribution in [2.75, 3.05) is 6.61 Å². The second-order valence-corrected chi connectivity index (χ2v) is 2.19. The number of hydrogen-bond donors (Lipinski definition) is 0. The smallest absolute Gasteiger partial charge is 0.256 e. The molecule has 0 amide bonds. The van der Waals surface area contributed by atoms with E-state index in [1.54, 1.807) is 18.3 Å². The van der Waals surface area contributed by atoms with Crippen LogP contribution in [0.25, 0.3) is 0 Å². The third kappa shape index (κ3) is 1.56. The van der Waals surface area contributed by atoms with E-state index in [1.165, 1.54) is 10.6 Å². The van der Waals surface area contributed by atoms with Gasteiger partial charge in [-0.25, -0.2) is 0 Å². The van der Waals surface area contributed by atoms with Crippen LogP contribution in [0.5, 0.6) is 5.88 Å². The summed E-state index contributed by atoms with van der Waals surface area (Å²) < 4.78 is 6.61. The third-order valence-corrected chi connectivity index (χ3v) is 1.42. The van der Waals surface area contributed by atoms with E-state index in [2.05, 4.69) is 6.58 Å². The summed E-state index contributed by atoms with van der Waals surface area (Å²) >= 11 is 0. The number of hydrogen-bond acceptors (Lipinski definition) is 2. The van der Waals surface area contributed by atoms with Crippen LogP contribution in [0.4, 0.5) is 0 Å². The highest BCUT2D eigenvalue weighted by atomic mass is 16.5.